The molecule has 1 aliphatic heterocycles. The van der Waals surface area contributed by atoms with Gasteiger partial charge >= 0.3 is 0 Å². The molecule has 0 N–H and O–H groups in total. The Balaban J connectivity index is 2.11. The van der Waals surface area contributed by atoms with Gasteiger partial charge in [0.1, 0.15) is 11.0 Å². The lowest BCUT2D eigenvalue weighted by molar-refractivity contribution is 0.199. The molecule has 3 nitrogen and oxygen atoms in total. The van der Waals surface area contributed by atoms with Crippen LogP contribution in [-0.2, 0) is 0 Å². The number of aromatic nitrogens is 2. The van der Waals surface area contributed by atoms with Gasteiger partial charge in [0, 0.05) is 19.2 Å². The number of thioether (sulfide) groups is 1. The molecule has 0 aliphatic carbocycles. The highest BCUT2D eigenvalue weighted by molar-refractivity contribution is 7.98. The fourth-order valence-electron chi connectivity index (χ4n) is 2.81. The molecule has 1 aliphatic rings. The summed E-state index contributed by atoms with van der Waals surface area (Å²) < 4.78 is 0. The lowest BCUT2D eigenvalue weighted by Gasteiger charge is -2.41. The van der Waals surface area contributed by atoms with Gasteiger partial charge in [-0.25, -0.2) is 9.97 Å². The topological polar surface area (TPSA) is 29.0 Å². The lowest BCUT2D eigenvalue weighted by Crippen LogP contribution is -2.40. The van der Waals surface area contributed by atoms with Gasteiger partial charge in [-0.3, -0.25) is 0 Å². The molecule has 0 atom stereocenters. The van der Waals surface area contributed by atoms with Crippen molar-refractivity contribution >= 4 is 29.2 Å². The van der Waals surface area contributed by atoms with Gasteiger partial charge in [0.15, 0.2) is 5.16 Å². The second kappa shape index (κ2) is 6.31. The third-order valence-corrected chi connectivity index (χ3v) is 5.23. The Morgan fingerprint density at radius 1 is 1.26 bits per heavy atom. The molecular weight excluding hydrogens is 278 g/mol. The van der Waals surface area contributed by atoms with Crippen molar-refractivity contribution in [2.75, 3.05) is 24.2 Å². The van der Waals surface area contributed by atoms with E-state index in [1.807, 2.05) is 12.3 Å². The van der Waals surface area contributed by atoms with Crippen molar-refractivity contribution in [1.29, 1.82) is 0 Å². The Kier molecular flexibility index (Phi) is 4.96. The van der Waals surface area contributed by atoms with Crippen LogP contribution < -0.4 is 4.90 Å². The zero-order valence-electron chi connectivity index (χ0n) is 11.9. The van der Waals surface area contributed by atoms with Crippen LogP contribution in [0.15, 0.2) is 11.2 Å². The standard InChI is InChI=1S/C14H22ClN3S/c1-4-14(5-2)6-8-18(9-7-14)12-10-11(15)16-13(17-12)19-3/h10H,4-9H2,1-3H3. The fourth-order valence-corrected chi connectivity index (χ4v) is 3.41. The van der Waals surface area contributed by atoms with Crippen molar-refractivity contribution in [3.05, 3.63) is 11.2 Å². The average molecular weight is 300 g/mol. The molecule has 2 rings (SSSR count). The molecule has 0 bridgehead atoms. The normalized spacial score (nSPS) is 18.6. The van der Waals surface area contributed by atoms with Gasteiger partial charge in [0.05, 0.1) is 0 Å². The summed E-state index contributed by atoms with van der Waals surface area (Å²) in [4.78, 5) is 11.1. The number of rotatable bonds is 4. The molecule has 106 valence electrons. The van der Waals surface area contributed by atoms with E-state index in [9.17, 15) is 0 Å². The van der Waals surface area contributed by atoms with E-state index in [0.29, 0.717) is 10.6 Å². The molecule has 0 saturated carbocycles. The smallest absolute Gasteiger partial charge is 0.190 e. The molecule has 5 heteroatoms. The third-order valence-electron chi connectivity index (χ3n) is 4.49. The van der Waals surface area contributed by atoms with Gasteiger partial charge in [0.25, 0.3) is 0 Å². The van der Waals surface area contributed by atoms with E-state index in [2.05, 4.69) is 28.7 Å². The zero-order valence-corrected chi connectivity index (χ0v) is 13.5. The molecule has 2 heterocycles. The molecule has 0 radical (unpaired) electrons. The molecule has 0 unspecified atom stereocenters. The first kappa shape index (κ1) is 14.9. The molecular formula is C14H22ClN3S. The molecule has 0 aromatic carbocycles. The largest absolute Gasteiger partial charge is 0.356 e. The summed E-state index contributed by atoms with van der Waals surface area (Å²) in [6, 6.07) is 1.88. The maximum absolute atomic E-state index is 6.07. The van der Waals surface area contributed by atoms with Crippen molar-refractivity contribution in [2.24, 2.45) is 5.41 Å². The first-order chi connectivity index (χ1) is 9.12. The first-order valence-corrected chi connectivity index (χ1v) is 8.56. The van der Waals surface area contributed by atoms with Crippen molar-refractivity contribution < 1.29 is 0 Å². The second-order valence-corrected chi connectivity index (χ2v) is 6.39. The number of anilines is 1. The number of halogens is 1. The van der Waals surface area contributed by atoms with Crippen LogP contribution in [0.3, 0.4) is 0 Å². The Labute approximate surface area is 125 Å². The van der Waals surface area contributed by atoms with Gasteiger partial charge in [-0.2, -0.15) is 0 Å². The van der Waals surface area contributed by atoms with Gasteiger partial charge in [-0.1, -0.05) is 50.1 Å². The summed E-state index contributed by atoms with van der Waals surface area (Å²) in [5, 5.41) is 1.29. The summed E-state index contributed by atoms with van der Waals surface area (Å²) >= 11 is 7.60. The summed E-state index contributed by atoms with van der Waals surface area (Å²) in [6.45, 7) is 6.77. The molecule has 0 amide bonds. The van der Waals surface area contributed by atoms with Crippen LogP contribution in [0.4, 0.5) is 5.82 Å². The highest BCUT2D eigenvalue weighted by Crippen LogP contribution is 2.39. The monoisotopic (exact) mass is 299 g/mol. The van der Waals surface area contributed by atoms with Crippen LogP contribution in [0.25, 0.3) is 0 Å². The van der Waals surface area contributed by atoms with Crippen molar-refractivity contribution in [3.8, 4) is 0 Å². The van der Waals surface area contributed by atoms with Crippen LogP contribution in [0, 0.1) is 5.41 Å². The summed E-state index contributed by atoms with van der Waals surface area (Å²) in [7, 11) is 0. The van der Waals surface area contributed by atoms with E-state index in [-0.39, 0.29) is 0 Å². The lowest BCUT2D eigenvalue weighted by atomic mass is 9.74. The average Bonchev–Trinajstić information content (AvgIpc) is 2.46. The molecule has 1 aromatic rings. The van der Waals surface area contributed by atoms with Crippen LogP contribution in [0.1, 0.15) is 39.5 Å². The van der Waals surface area contributed by atoms with E-state index in [1.165, 1.54) is 37.4 Å². The van der Waals surface area contributed by atoms with Gasteiger partial charge in [-0.15, -0.1) is 0 Å². The number of hydrogen-bond acceptors (Lipinski definition) is 4. The summed E-state index contributed by atoms with van der Waals surface area (Å²) in [5.74, 6) is 0.977. The Morgan fingerprint density at radius 2 is 1.89 bits per heavy atom. The van der Waals surface area contributed by atoms with E-state index in [0.717, 1.165) is 24.1 Å². The highest BCUT2D eigenvalue weighted by atomic mass is 35.5. The fraction of sp³-hybridized carbons (Fsp3) is 0.714. The second-order valence-electron chi connectivity index (χ2n) is 5.23. The Hall–Kier alpha value is -0.480. The minimum Gasteiger partial charge on any atom is -0.356 e. The van der Waals surface area contributed by atoms with E-state index in [1.54, 1.807) is 0 Å². The van der Waals surface area contributed by atoms with E-state index < -0.39 is 0 Å². The minimum absolute atomic E-state index is 0.537. The summed E-state index contributed by atoms with van der Waals surface area (Å²) in [5.41, 5.74) is 0.537. The minimum atomic E-state index is 0.537. The summed E-state index contributed by atoms with van der Waals surface area (Å²) in [6.07, 6.45) is 7.02. The van der Waals surface area contributed by atoms with Crippen LogP contribution in [0.5, 0.6) is 0 Å². The number of nitrogens with zero attached hydrogens (tertiary/aromatic N) is 3. The van der Waals surface area contributed by atoms with E-state index >= 15 is 0 Å². The van der Waals surface area contributed by atoms with Crippen LogP contribution in [0.2, 0.25) is 5.15 Å². The quantitative estimate of drug-likeness (QED) is 0.472. The maximum Gasteiger partial charge on any atom is 0.190 e. The van der Waals surface area contributed by atoms with Crippen LogP contribution >= 0.6 is 23.4 Å². The third kappa shape index (κ3) is 3.34. The predicted molar refractivity (Wildman–Crippen MR) is 83.3 cm³/mol. The Morgan fingerprint density at radius 3 is 2.42 bits per heavy atom. The molecule has 19 heavy (non-hydrogen) atoms. The zero-order chi connectivity index (χ0) is 13.9. The van der Waals surface area contributed by atoms with Gasteiger partial charge in [0.2, 0.25) is 0 Å². The Bertz CT molecular complexity index is 425. The SMILES string of the molecule is CCC1(CC)CCN(c2cc(Cl)nc(SC)n2)CC1. The molecule has 1 saturated heterocycles. The highest BCUT2D eigenvalue weighted by Gasteiger charge is 2.31. The van der Waals surface area contributed by atoms with Gasteiger partial charge < -0.3 is 4.90 Å². The number of hydrogen-bond donors (Lipinski definition) is 0. The van der Waals surface area contributed by atoms with Crippen LogP contribution in [-0.4, -0.2) is 29.3 Å². The van der Waals surface area contributed by atoms with E-state index in [4.69, 9.17) is 11.6 Å². The number of piperidine rings is 1. The van der Waals surface area contributed by atoms with Crippen molar-refractivity contribution in [1.82, 2.24) is 9.97 Å². The van der Waals surface area contributed by atoms with Gasteiger partial charge in [-0.05, 0) is 24.5 Å². The molecule has 1 aromatic heterocycles. The molecule has 1 fully saturated rings. The molecule has 0 spiro atoms. The predicted octanol–water partition coefficient (Wildman–Crippen LogP) is 4.26. The first-order valence-electron chi connectivity index (χ1n) is 6.96. The van der Waals surface area contributed by atoms with Crippen molar-refractivity contribution in [2.45, 2.75) is 44.7 Å². The maximum atomic E-state index is 6.07. The van der Waals surface area contributed by atoms with Crippen molar-refractivity contribution in [3.63, 3.8) is 0 Å².